The highest BCUT2D eigenvalue weighted by Crippen LogP contribution is 2.64. The topological polar surface area (TPSA) is 166 Å². The Morgan fingerprint density at radius 1 is 1.11 bits per heavy atom. The third kappa shape index (κ3) is 5.47. The number of ether oxygens (including phenoxy) is 7. The lowest BCUT2D eigenvalue weighted by molar-refractivity contribution is -0.132. The number of hydrogen-bond acceptors (Lipinski definition) is 14. The molecule has 3 saturated heterocycles. The molecule has 14 nitrogen and oxygen atoms in total. The van der Waals surface area contributed by atoms with Crippen molar-refractivity contribution in [3.8, 4) is 34.5 Å². The monoisotopic (exact) mass is 853 g/mol. The first-order chi connectivity index (χ1) is 29.3. The summed E-state index contributed by atoms with van der Waals surface area (Å²) in [5, 5.41) is 16.5. The highest BCUT2D eigenvalue weighted by molar-refractivity contribution is 7.99. The summed E-state index contributed by atoms with van der Waals surface area (Å²) >= 11 is 1.84. The molecule has 2 bridgehead atoms. The van der Waals surface area contributed by atoms with E-state index in [9.17, 15) is 9.90 Å². The molecule has 15 heteroatoms. The maximum Gasteiger partial charge on any atom is 0.308 e. The van der Waals surface area contributed by atoms with Gasteiger partial charge in [-0.3, -0.25) is 19.9 Å². The SMILES string of the molecule is COc1ccc2[nH]c3c(c2c1)C[C@H](CN)N[C@]31CS[C@H]2CN([C@@H](C)[C@@H]3CC4(C)c5cc(C)c(OC)c(O)c5[C@H](C)N34)[C@@H](CO[C@H]3OC31)c1c3c(c(C)c(OC(C)=O)c12)OCO3. The van der Waals surface area contributed by atoms with Crippen LogP contribution in [0.2, 0.25) is 0 Å². The number of aromatic nitrogens is 1. The third-order valence-electron chi connectivity index (χ3n) is 15.1. The standard InChI is InChI=1S/C46H55N5O9S/c1-20-11-29-34(37(53)38(20)55-8)23(4)51-31(14-45(29,51)6)22(3)50-16-33-36-35(41-40(57-19-58-41)21(2)39(36)59-24(5)52)32(50)17-56-44-43(60-44)46(18-61-33)42-28(12-25(15-47)49-46)27-13-26(54-7)9-10-30(27)48-42/h9-11,13,22-23,25,31-33,43-44,48-49,53H,12,14-19,47H2,1-8H3/t22-,23-,25+,31-,32-,33-,43?,44-,45?,46+/m0/s1. The van der Waals surface area contributed by atoms with E-state index in [1.165, 1.54) is 18.1 Å². The van der Waals surface area contributed by atoms with Crippen LogP contribution in [-0.4, -0.2) is 103 Å². The zero-order valence-electron chi connectivity index (χ0n) is 36.0. The third-order valence-corrected chi connectivity index (χ3v) is 16.5. The Bertz CT molecular complexity index is 2510. The summed E-state index contributed by atoms with van der Waals surface area (Å²) in [6, 6.07) is 8.22. The summed E-state index contributed by atoms with van der Waals surface area (Å²) in [5.74, 6) is 3.60. The van der Waals surface area contributed by atoms with Crippen molar-refractivity contribution in [1.82, 2.24) is 20.1 Å². The molecule has 4 aromatic rings. The van der Waals surface area contributed by atoms with E-state index in [0.29, 0.717) is 48.4 Å². The fraction of sp³-hybridized carbons (Fsp3) is 0.543. The summed E-state index contributed by atoms with van der Waals surface area (Å²) in [6.45, 7) is 13.7. The largest absolute Gasteiger partial charge is 0.504 e. The minimum absolute atomic E-state index is 0.0104. The summed E-state index contributed by atoms with van der Waals surface area (Å²) < 4.78 is 43.7. The number of benzene rings is 3. The van der Waals surface area contributed by atoms with Crippen molar-refractivity contribution < 1.29 is 43.1 Å². The Morgan fingerprint density at radius 2 is 1.92 bits per heavy atom. The molecule has 11 rings (SSSR count). The number of aryl methyl sites for hydroxylation is 1. The normalized spacial score (nSPS) is 32.6. The van der Waals surface area contributed by atoms with Crippen LogP contribution in [0.15, 0.2) is 24.3 Å². The van der Waals surface area contributed by atoms with Crippen LogP contribution in [0.25, 0.3) is 10.9 Å². The number of carbonyl (C=O) groups excluding carboxylic acids is 1. The number of aromatic hydroxyl groups is 1. The van der Waals surface area contributed by atoms with Crippen molar-refractivity contribution in [1.29, 1.82) is 0 Å². The van der Waals surface area contributed by atoms with E-state index >= 15 is 0 Å². The molecular formula is C46H55N5O9S. The number of thioether (sulfide) groups is 1. The number of esters is 1. The molecule has 0 radical (unpaired) electrons. The van der Waals surface area contributed by atoms with Crippen LogP contribution < -0.4 is 34.7 Å². The van der Waals surface area contributed by atoms with Crippen molar-refractivity contribution in [2.24, 2.45) is 5.73 Å². The number of phenols is 1. The van der Waals surface area contributed by atoms with Crippen LogP contribution in [0, 0.1) is 13.8 Å². The molecule has 61 heavy (non-hydrogen) atoms. The molecule has 7 aliphatic rings. The van der Waals surface area contributed by atoms with E-state index in [1.807, 2.05) is 31.7 Å². The number of phenolic OH excluding ortho intramolecular Hbond substituents is 1. The lowest BCUT2D eigenvalue weighted by atomic mass is 9.73. The van der Waals surface area contributed by atoms with Gasteiger partial charge in [0.15, 0.2) is 29.3 Å². The number of hydrogen-bond donors (Lipinski definition) is 4. The molecule has 1 aromatic heterocycles. The maximum absolute atomic E-state index is 13.0. The first-order valence-electron chi connectivity index (χ1n) is 21.5. The predicted molar refractivity (Wildman–Crippen MR) is 229 cm³/mol. The van der Waals surface area contributed by atoms with Gasteiger partial charge in [-0.1, -0.05) is 0 Å². The van der Waals surface area contributed by atoms with Crippen molar-refractivity contribution in [3.63, 3.8) is 0 Å². The number of rotatable bonds is 6. The zero-order chi connectivity index (χ0) is 42.4. The quantitative estimate of drug-likeness (QED) is 0.103. The first-order valence-corrected chi connectivity index (χ1v) is 22.5. The Morgan fingerprint density at radius 3 is 2.67 bits per heavy atom. The molecule has 2 unspecified atom stereocenters. The van der Waals surface area contributed by atoms with Gasteiger partial charge >= 0.3 is 5.97 Å². The van der Waals surface area contributed by atoms with Gasteiger partial charge in [0.1, 0.15) is 23.1 Å². The highest BCUT2D eigenvalue weighted by atomic mass is 32.2. The van der Waals surface area contributed by atoms with Gasteiger partial charge in [0.25, 0.3) is 0 Å². The van der Waals surface area contributed by atoms with E-state index in [4.69, 9.17) is 38.9 Å². The number of epoxide rings is 1. The Labute approximate surface area is 359 Å². The van der Waals surface area contributed by atoms with E-state index in [0.717, 1.165) is 63.0 Å². The number of H-pyrrole nitrogens is 1. The van der Waals surface area contributed by atoms with E-state index in [1.54, 1.807) is 14.2 Å². The van der Waals surface area contributed by atoms with E-state index in [-0.39, 0.29) is 59.6 Å². The number of fused-ring (bicyclic) bond motifs is 17. The van der Waals surface area contributed by atoms with Crippen LogP contribution in [0.1, 0.15) is 96.1 Å². The zero-order valence-corrected chi connectivity index (χ0v) is 36.8. The van der Waals surface area contributed by atoms with Gasteiger partial charge < -0.3 is 49.0 Å². The molecule has 0 saturated carbocycles. The van der Waals surface area contributed by atoms with Crippen LogP contribution in [0.3, 0.4) is 0 Å². The van der Waals surface area contributed by atoms with E-state index in [2.05, 4.69) is 59.1 Å². The van der Waals surface area contributed by atoms with Gasteiger partial charge in [-0.2, -0.15) is 0 Å². The van der Waals surface area contributed by atoms with Crippen molar-refractivity contribution in [2.45, 2.75) is 113 Å². The molecule has 10 atom stereocenters. The summed E-state index contributed by atoms with van der Waals surface area (Å²) in [5.41, 5.74) is 14.6. The van der Waals surface area contributed by atoms with Crippen molar-refractivity contribution in [2.75, 3.05) is 46.5 Å². The minimum Gasteiger partial charge on any atom is -0.504 e. The number of nitrogens with zero attached hydrogens (tertiary/aromatic N) is 2. The van der Waals surface area contributed by atoms with Crippen molar-refractivity contribution >= 4 is 28.6 Å². The van der Waals surface area contributed by atoms with Gasteiger partial charge in [0.05, 0.1) is 26.9 Å². The number of methoxy groups -OCH3 is 2. The van der Waals surface area contributed by atoms with Gasteiger partial charge in [0, 0.05) is 99.6 Å². The molecule has 3 aromatic carbocycles. The number of carbonyl (C=O) groups is 1. The Hall–Kier alpha value is -4.22. The molecule has 0 amide bonds. The average molecular weight is 854 g/mol. The lowest BCUT2D eigenvalue weighted by Crippen LogP contribution is -2.66. The number of nitrogens with one attached hydrogen (secondary N) is 2. The smallest absolute Gasteiger partial charge is 0.308 e. The summed E-state index contributed by atoms with van der Waals surface area (Å²) in [6.07, 6.45) is 0.886. The fourth-order valence-corrected chi connectivity index (χ4v) is 13.9. The predicted octanol–water partition coefficient (Wildman–Crippen LogP) is 5.87. The first kappa shape index (κ1) is 39.6. The summed E-state index contributed by atoms with van der Waals surface area (Å²) in [4.78, 5) is 21.9. The second kappa shape index (κ2) is 13.9. The average Bonchev–Trinajstić information content (AvgIpc) is 3.62. The van der Waals surface area contributed by atoms with Gasteiger partial charge in [-0.15, -0.1) is 11.8 Å². The number of nitrogens with two attached hydrogens (primary N) is 1. The summed E-state index contributed by atoms with van der Waals surface area (Å²) in [7, 11) is 3.31. The second-order valence-electron chi connectivity index (χ2n) is 18.3. The molecular weight excluding hydrogens is 799 g/mol. The van der Waals surface area contributed by atoms with Crippen LogP contribution in [0.5, 0.6) is 34.5 Å². The fourth-order valence-electron chi connectivity index (χ4n) is 12.3. The Kier molecular flexibility index (Phi) is 9.02. The molecule has 7 aliphatic heterocycles. The molecule has 3 fully saturated rings. The van der Waals surface area contributed by atoms with E-state index < -0.39 is 17.8 Å². The minimum atomic E-state index is -0.682. The Balaban J connectivity index is 1.04. The molecule has 8 heterocycles. The molecule has 0 aliphatic carbocycles. The van der Waals surface area contributed by atoms with Gasteiger partial charge in [-0.05, 0) is 88.4 Å². The van der Waals surface area contributed by atoms with Gasteiger partial charge in [0.2, 0.25) is 6.79 Å². The lowest BCUT2D eigenvalue weighted by Gasteiger charge is -2.60. The van der Waals surface area contributed by atoms with Crippen molar-refractivity contribution in [3.05, 3.63) is 68.9 Å². The van der Waals surface area contributed by atoms with Gasteiger partial charge in [-0.25, -0.2) is 0 Å². The second-order valence-corrected chi connectivity index (χ2v) is 19.4. The highest BCUT2D eigenvalue weighted by Gasteiger charge is 2.63. The number of aromatic amines is 1. The molecule has 324 valence electrons. The van der Waals surface area contributed by atoms with Crippen LogP contribution >= 0.6 is 11.8 Å². The van der Waals surface area contributed by atoms with Crippen LogP contribution in [0.4, 0.5) is 0 Å². The molecule has 5 N–H and O–H groups in total. The maximum atomic E-state index is 13.0. The van der Waals surface area contributed by atoms with Crippen LogP contribution in [-0.2, 0) is 31.8 Å². The molecule has 1 spiro atoms.